The standard InChI is InChI=1S/C18H15BrN2OS/c1-12(16-9-10-17(19)23-16)20-21-18(22)11-14-7-4-6-13-5-2-3-8-15(13)14/h2-10H,11H2,1H3,(H,21,22). The van der Waals surface area contributed by atoms with E-state index in [1.165, 1.54) is 0 Å². The summed E-state index contributed by atoms with van der Waals surface area (Å²) in [5.41, 5.74) is 4.45. The van der Waals surface area contributed by atoms with Gasteiger partial charge < -0.3 is 0 Å². The molecule has 1 N–H and O–H groups in total. The Morgan fingerprint density at radius 2 is 1.91 bits per heavy atom. The van der Waals surface area contributed by atoms with Gasteiger partial charge in [-0.3, -0.25) is 4.79 Å². The van der Waals surface area contributed by atoms with E-state index in [0.29, 0.717) is 6.42 Å². The number of rotatable bonds is 4. The Labute approximate surface area is 147 Å². The minimum atomic E-state index is -0.115. The predicted molar refractivity (Wildman–Crippen MR) is 100 cm³/mol. The van der Waals surface area contributed by atoms with E-state index in [-0.39, 0.29) is 5.91 Å². The molecule has 3 aromatic rings. The zero-order valence-electron chi connectivity index (χ0n) is 12.5. The van der Waals surface area contributed by atoms with Crippen molar-refractivity contribution in [1.29, 1.82) is 0 Å². The summed E-state index contributed by atoms with van der Waals surface area (Å²) in [6.45, 7) is 1.89. The summed E-state index contributed by atoms with van der Waals surface area (Å²) < 4.78 is 1.05. The first kappa shape index (κ1) is 15.9. The van der Waals surface area contributed by atoms with E-state index in [4.69, 9.17) is 0 Å². The number of hydrogen-bond donors (Lipinski definition) is 1. The number of carbonyl (C=O) groups excluding carboxylic acids is 1. The Hall–Kier alpha value is -1.98. The minimum Gasteiger partial charge on any atom is -0.273 e. The molecule has 116 valence electrons. The molecule has 0 atom stereocenters. The lowest BCUT2D eigenvalue weighted by atomic mass is 10.0. The van der Waals surface area contributed by atoms with Crippen molar-refractivity contribution in [2.24, 2.45) is 5.10 Å². The molecule has 0 saturated carbocycles. The Morgan fingerprint density at radius 3 is 2.70 bits per heavy atom. The number of amides is 1. The summed E-state index contributed by atoms with van der Waals surface area (Å²) >= 11 is 5.01. The molecule has 0 spiro atoms. The van der Waals surface area contributed by atoms with Crippen molar-refractivity contribution < 1.29 is 4.79 Å². The van der Waals surface area contributed by atoms with Gasteiger partial charge in [0.2, 0.25) is 5.91 Å². The summed E-state index contributed by atoms with van der Waals surface area (Å²) in [7, 11) is 0. The van der Waals surface area contributed by atoms with E-state index in [2.05, 4.69) is 26.5 Å². The largest absolute Gasteiger partial charge is 0.273 e. The van der Waals surface area contributed by atoms with Crippen molar-refractivity contribution in [2.75, 3.05) is 0 Å². The average Bonchev–Trinajstić information content (AvgIpc) is 2.99. The molecule has 0 aliphatic heterocycles. The number of nitrogens with zero attached hydrogens (tertiary/aromatic N) is 1. The van der Waals surface area contributed by atoms with Gasteiger partial charge in [0.05, 0.1) is 20.8 Å². The zero-order valence-corrected chi connectivity index (χ0v) is 14.9. The number of thiophene rings is 1. The van der Waals surface area contributed by atoms with Crippen LogP contribution in [0.5, 0.6) is 0 Å². The van der Waals surface area contributed by atoms with Crippen LogP contribution in [0.25, 0.3) is 10.8 Å². The summed E-state index contributed by atoms with van der Waals surface area (Å²) in [5.74, 6) is -0.115. The third-order valence-corrected chi connectivity index (χ3v) is 5.24. The van der Waals surface area contributed by atoms with Gasteiger partial charge in [0, 0.05) is 0 Å². The predicted octanol–water partition coefficient (Wildman–Crippen LogP) is 4.75. The lowest BCUT2D eigenvalue weighted by Gasteiger charge is -2.06. The molecule has 3 nitrogen and oxygen atoms in total. The highest BCUT2D eigenvalue weighted by Crippen LogP contribution is 2.22. The molecule has 0 unspecified atom stereocenters. The van der Waals surface area contributed by atoms with Crippen LogP contribution in [0, 0.1) is 0 Å². The van der Waals surface area contributed by atoms with E-state index < -0.39 is 0 Å². The number of fused-ring (bicyclic) bond motifs is 1. The number of carbonyl (C=O) groups is 1. The van der Waals surface area contributed by atoms with Gasteiger partial charge in [-0.25, -0.2) is 5.43 Å². The quantitative estimate of drug-likeness (QED) is 0.510. The number of benzene rings is 2. The summed E-state index contributed by atoms with van der Waals surface area (Å²) in [5, 5.41) is 6.43. The Bertz CT molecular complexity index is 880. The molecule has 0 fully saturated rings. The van der Waals surface area contributed by atoms with Crippen LogP contribution >= 0.6 is 27.3 Å². The van der Waals surface area contributed by atoms with Gasteiger partial charge in [0.15, 0.2) is 0 Å². The molecular weight excluding hydrogens is 372 g/mol. The van der Waals surface area contributed by atoms with Crippen molar-refractivity contribution in [2.45, 2.75) is 13.3 Å². The van der Waals surface area contributed by atoms with Crippen molar-refractivity contribution in [3.63, 3.8) is 0 Å². The molecule has 1 amide bonds. The maximum Gasteiger partial charge on any atom is 0.244 e. The van der Waals surface area contributed by atoms with Crippen LogP contribution in [0.1, 0.15) is 17.4 Å². The van der Waals surface area contributed by atoms with Crippen molar-refractivity contribution in [3.05, 3.63) is 68.8 Å². The topological polar surface area (TPSA) is 41.5 Å². The van der Waals surface area contributed by atoms with Crippen LogP contribution in [0.4, 0.5) is 0 Å². The fourth-order valence-corrected chi connectivity index (χ4v) is 3.70. The molecule has 1 heterocycles. The smallest absolute Gasteiger partial charge is 0.244 e. The normalized spacial score (nSPS) is 11.7. The summed E-state index contributed by atoms with van der Waals surface area (Å²) in [4.78, 5) is 13.2. The summed E-state index contributed by atoms with van der Waals surface area (Å²) in [6, 6.07) is 18.0. The maximum atomic E-state index is 12.2. The first-order valence-corrected chi connectivity index (χ1v) is 8.80. The molecule has 0 radical (unpaired) electrons. The van der Waals surface area contributed by atoms with E-state index in [1.807, 2.05) is 61.5 Å². The second-order valence-corrected chi connectivity index (χ2v) is 7.61. The fourth-order valence-electron chi connectivity index (χ4n) is 2.37. The van der Waals surface area contributed by atoms with Gasteiger partial charge >= 0.3 is 0 Å². The highest BCUT2D eigenvalue weighted by molar-refractivity contribution is 9.11. The van der Waals surface area contributed by atoms with Gasteiger partial charge in [-0.2, -0.15) is 5.10 Å². The van der Waals surface area contributed by atoms with Crippen molar-refractivity contribution in [1.82, 2.24) is 5.43 Å². The highest BCUT2D eigenvalue weighted by atomic mass is 79.9. The molecule has 23 heavy (non-hydrogen) atoms. The monoisotopic (exact) mass is 386 g/mol. The van der Waals surface area contributed by atoms with Crippen LogP contribution in [0.15, 0.2) is 63.5 Å². The van der Waals surface area contributed by atoms with Crippen LogP contribution in [0.2, 0.25) is 0 Å². The highest BCUT2D eigenvalue weighted by Gasteiger charge is 2.07. The van der Waals surface area contributed by atoms with Gasteiger partial charge in [0.25, 0.3) is 0 Å². The van der Waals surface area contributed by atoms with Gasteiger partial charge in [0.1, 0.15) is 0 Å². The van der Waals surface area contributed by atoms with Crippen LogP contribution < -0.4 is 5.43 Å². The molecule has 5 heteroatoms. The molecule has 0 aliphatic carbocycles. The van der Waals surface area contributed by atoms with E-state index >= 15 is 0 Å². The zero-order chi connectivity index (χ0) is 16.2. The molecule has 0 aliphatic rings. The number of hydrogen-bond acceptors (Lipinski definition) is 3. The third-order valence-electron chi connectivity index (χ3n) is 3.51. The molecule has 0 bridgehead atoms. The second-order valence-electron chi connectivity index (χ2n) is 5.15. The molecular formula is C18H15BrN2OS. The lowest BCUT2D eigenvalue weighted by molar-refractivity contribution is -0.120. The first-order valence-electron chi connectivity index (χ1n) is 7.19. The lowest BCUT2D eigenvalue weighted by Crippen LogP contribution is -2.21. The SMILES string of the molecule is CC(=NNC(=O)Cc1cccc2ccccc12)c1ccc(Br)s1. The van der Waals surface area contributed by atoms with Gasteiger partial charge in [-0.15, -0.1) is 11.3 Å². The molecule has 2 aromatic carbocycles. The van der Waals surface area contributed by atoms with Gasteiger partial charge in [-0.1, -0.05) is 42.5 Å². The second kappa shape index (κ2) is 7.06. The molecule has 0 saturated heterocycles. The van der Waals surface area contributed by atoms with Crippen molar-refractivity contribution >= 4 is 49.7 Å². The van der Waals surface area contributed by atoms with E-state index in [0.717, 1.165) is 30.7 Å². The average molecular weight is 387 g/mol. The number of halogens is 1. The first-order chi connectivity index (χ1) is 11.1. The van der Waals surface area contributed by atoms with Crippen molar-refractivity contribution in [3.8, 4) is 0 Å². The summed E-state index contributed by atoms with van der Waals surface area (Å²) in [6.07, 6.45) is 0.312. The third kappa shape index (κ3) is 3.86. The maximum absolute atomic E-state index is 12.2. The minimum absolute atomic E-state index is 0.115. The number of hydrazone groups is 1. The van der Waals surface area contributed by atoms with Crippen LogP contribution in [0.3, 0.4) is 0 Å². The number of nitrogens with one attached hydrogen (secondary N) is 1. The van der Waals surface area contributed by atoms with Crippen LogP contribution in [-0.4, -0.2) is 11.6 Å². The Balaban J connectivity index is 1.72. The Morgan fingerprint density at radius 1 is 1.13 bits per heavy atom. The fraction of sp³-hybridized carbons (Fsp3) is 0.111. The van der Waals surface area contributed by atoms with E-state index in [9.17, 15) is 4.79 Å². The van der Waals surface area contributed by atoms with Crippen LogP contribution in [-0.2, 0) is 11.2 Å². The molecule has 3 rings (SSSR count). The van der Waals surface area contributed by atoms with Gasteiger partial charge in [-0.05, 0) is 51.3 Å². The van der Waals surface area contributed by atoms with E-state index in [1.54, 1.807) is 11.3 Å². The molecule has 1 aromatic heterocycles. The Kier molecular flexibility index (Phi) is 4.88.